The Morgan fingerprint density at radius 2 is 1.84 bits per heavy atom. The molecule has 3 amide bonds. The summed E-state index contributed by atoms with van der Waals surface area (Å²) in [6.07, 6.45) is 2.76. The van der Waals surface area contributed by atoms with E-state index >= 15 is 0 Å². The Morgan fingerprint density at radius 1 is 1.21 bits per heavy atom. The third-order valence-electron chi connectivity index (χ3n) is 2.44. The van der Waals surface area contributed by atoms with Crippen LogP contribution >= 0.6 is 11.8 Å². The van der Waals surface area contributed by atoms with E-state index in [2.05, 4.69) is 10.6 Å². The Morgan fingerprint density at radius 3 is 2.37 bits per heavy atom. The van der Waals surface area contributed by atoms with E-state index < -0.39 is 17.9 Å². The van der Waals surface area contributed by atoms with Gasteiger partial charge in [0.15, 0.2) is 0 Å². The molecule has 19 heavy (non-hydrogen) atoms. The number of urea groups is 1. The Bertz CT molecular complexity index is 323. The van der Waals surface area contributed by atoms with Gasteiger partial charge in [-0.1, -0.05) is 6.92 Å². The van der Waals surface area contributed by atoms with E-state index in [1.165, 1.54) is 0 Å². The highest BCUT2D eigenvalue weighted by molar-refractivity contribution is 7.98. The van der Waals surface area contributed by atoms with Gasteiger partial charge in [-0.15, -0.1) is 0 Å². The van der Waals surface area contributed by atoms with Crippen molar-refractivity contribution in [3.8, 4) is 0 Å². The van der Waals surface area contributed by atoms with Crippen LogP contribution < -0.4 is 10.6 Å². The van der Waals surface area contributed by atoms with Crippen molar-refractivity contribution in [2.24, 2.45) is 5.92 Å². The zero-order chi connectivity index (χ0) is 14.8. The number of thioether (sulfide) groups is 1. The minimum atomic E-state index is -0.949. The summed E-state index contributed by atoms with van der Waals surface area (Å²) >= 11 is 1.69. The maximum absolute atomic E-state index is 11.5. The van der Waals surface area contributed by atoms with Crippen LogP contribution in [-0.4, -0.2) is 41.1 Å². The molecule has 3 N–H and O–H groups in total. The molecule has 0 saturated heterocycles. The van der Waals surface area contributed by atoms with Crippen molar-refractivity contribution in [2.45, 2.75) is 39.2 Å². The quantitative estimate of drug-likeness (QED) is 0.629. The summed E-state index contributed by atoms with van der Waals surface area (Å²) in [6.45, 7) is 3.53. The fourth-order valence-electron chi connectivity index (χ4n) is 1.49. The van der Waals surface area contributed by atoms with Gasteiger partial charge in [-0.2, -0.15) is 11.8 Å². The van der Waals surface area contributed by atoms with E-state index in [0.29, 0.717) is 0 Å². The van der Waals surface area contributed by atoms with Crippen molar-refractivity contribution in [3.05, 3.63) is 0 Å². The second-order valence-corrected chi connectivity index (χ2v) is 5.60. The monoisotopic (exact) mass is 290 g/mol. The fourth-order valence-corrected chi connectivity index (χ4v) is 2.08. The number of hydrogen-bond donors (Lipinski definition) is 3. The molecule has 0 aromatic rings. The van der Waals surface area contributed by atoms with Crippen LogP contribution in [0.15, 0.2) is 0 Å². The minimum absolute atomic E-state index is 0.00306. The van der Waals surface area contributed by atoms with Gasteiger partial charge in [-0.3, -0.25) is 14.9 Å². The number of aliphatic carboxylic acids is 1. The lowest BCUT2D eigenvalue weighted by Crippen LogP contribution is -2.44. The highest BCUT2D eigenvalue weighted by Gasteiger charge is 2.15. The molecule has 2 atom stereocenters. The lowest BCUT2D eigenvalue weighted by molar-refractivity contribution is -0.138. The van der Waals surface area contributed by atoms with Crippen LogP contribution in [0, 0.1) is 5.92 Å². The van der Waals surface area contributed by atoms with Crippen molar-refractivity contribution in [1.82, 2.24) is 10.6 Å². The van der Waals surface area contributed by atoms with Gasteiger partial charge in [0, 0.05) is 18.9 Å². The number of hydrogen-bond acceptors (Lipinski definition) is 4. The maximum Gasteiger partial charge on any atom is 0.321 e. The molecule has 0 fully saturated rings. The standard InChI is InChI=1S/C12H22N2O4S/c1-8(7-11(16)17)6-10(15)14-12(18)13-9(2)4-5-19-3/h8-9H,4-7H2,1-3H3,(H,16,17)(H2,13,14,15,18). The highest BCUT2D eigenvalue weighted by atomic mass is 32.2. The van der Waals surface area contributed by atoms with Gasteiger partial charge < -0.3 is 10.4 Å². The van der Waals surface area contributed by atoms with Crippen LogP contribution in [0.5, 0.6) is 0 Å². The van der Waals surface area contributed by atoms with Gasteiger partial charge in [0.2, 0.25) is 5.91 Å². The van der Waals surface area contributed by atoms with Crippen LogP contribution in [0.3, 0.4) is 0 Å². The molecule has 0 aromatic heterocycles. The Hall–Kier alpha value is -1.24. The van der Waals surface area contributed by atoms with Gasteiger partial charge in [0.25, 0.3) is 0 Å². The first-order valence-corrected chi connectivity index (χ1v) is 7.55. The van der Waals surface area contributed by atoms with Crippen LogP contribution in [-0.2, 0) is 9.59 Å². The number of amides is 3. The van der Waals surface area contributed by atoms with E-state index in [9.17, 15) is 14.4 Å². The zero-order valence-electron chi connectivity index (χ0n) is 11.6. The summed E-state index contributed by atoms with van der Waals surface area (Å²) in [5.41, 5.74) is 0. The number of carboxylic acids is 1. The van der Waals surface area contributed by atoms with Crippen LogP contribution in [0.4, 0.5) is 4.79 Å². The number of imide groups is 1. The second-order valence-electron chi connectivity index (χ2n) is 4.61. The van der Waals surface area contributed by atoms with Crippen molar-refractivity contribution in [3.63, 3.8) is 0 Å². The van der Waals surface area contributed by atoms with Crippen LogP contribution in [0.2, 0.25) is 0 Å². The number of nitrogens with one attached hydrogen (secondary N) is 2. The molecule has 7 heteroatoms. The summed E-state index contributed by atoms with van der Waals surface area (Å²) in [5, 5.41) is 13.4. The third kappa shape index (κ3) is 10.4. The minimum Gasteiger partial charge on any atom is -0.481 e. The highest BCUT2D eigenvalue weighted by Crippen LogP contribution is 2.06. The summed E-state index contributed by atoms with van der Waals surface area (Å²) < 4.78 is 0. The first kappa shape index (κ1) is 17.8. The number of rotatable bonds is 8. The van der Waals surface area contributed by atoms with E-state index in [4.69, 9.17) is 5.11 Å². The molecule has 0 saturated carbocycles. The van der Waals surface area contributed by atoms with Gasteiger partial charge >= 0.3 is 12.0 Å². The molecular weight excluding hydrogens is 268 g/mol. The molecule has 0 heterocycles. The predicted molar refractivity (Wildman–Crippen MR) is 75.2 cm³/mol. The fraction of sp³-hybridized carbons (Fsp3) is 0.750. The Labute approximate surface area is 117 Å². The summed E-state index contributed by atoms with van der Waals surface area (Å²) in [6, 6.07) is -0.530. The number of carbonyl (C=O) groups excluding carboxylic acids is 2. The third-order valence-corrected chi connectivity index (χ3v) is 3.09. The first-order valence-electron chi connectivity index (χ1n) is 6.16. The normalized spacial score (nSPS) is 13.4. The van der Waals surface area contributed by atoms with Crippen molar-refractivity contribution in [1.29, 1.82) is 0 Å². The average Bonchev–Trinajstić information content (AvgIpc) is 2.24. The summed E-state index contributed by atoms with van der Waals surface area (Å²) in [4.78, 5) is 33.4. The van der Waals surface area contributed by atoms with Crippen molar-refractivity contribution < 1.29 is 19.5 Å². The van der Waals surface area contributed by atoms with Crippen molar-refractivity contribution >= 4 is 29.7 Å². The van der Waals surface area contributed by atoms with Gasteiger partial charge in [0.1, 0.15) is 0 Å². The topological polar surface area (TPSA) is 95.5 Å². The molecule has 0 rings (SSSR count). The smallest absolute Gasteiger partial charge is 0.321 e. The molecular formula is C12H22N2O4S. The van der Waals surface area contributed by atoms with Crippen LogP contribution in [0.25, 0.3) is 0 Å². The lowest BCUT2D eigenvalue weighted by atomic mass is 10.0. The SMILES string of the molecule is CSCCC(C)NC(=O)NC(=O)CC(C)CC(=O)O. The summed E-state index contributed by atoms with van der Waals surface area (Å²) in [7, 11) is 0. The predicted octanol–water partition coefficient (Wildman–Crippen LogP) is 1.45. The van der Waals surface area contributed by atoms with E-state index in [1.54, 1.807) is 18.7 Å². The lowest BCUT2D eigenvalue weighted by Gasteiger charge is -2.14. The van der Waals surface area contributed by atoms with E-state index in [0.717, 1.165) is 12.2 Å². The zero-order valence-corrected chi connectivity index (χ0v) is 12.4. The molecule has 0 aliphatic carbocycles. The molecule has 2 unspecified atom stereocenters. The molecule has 0 aromatic carbocycles. The van der Waals surface area contributed by atoms with Gasteiger partial charge in [0.05, 0.1) is 0 Å². The molecule has 6 nitrogen and oxygen atoms in total. The average molecular weight is 290 g/mol. The maximum atomic E-state index is 11.5. The molecule has 0 bridgehead atoms. The molecule has 110 valence electrons. The molecule has 0 aliphatic heterocycles. The summed E-state index contributed by atoms with van der Waals surface area (Å²) in [5.74, 6) is -0.761. The second kappa shape index (κ2) is 9.66. The largest absolute Gasteiger partial charge is 0.481 e. The van der Waals surface area contributed by atoms with Gasteiger partial charge in [-0.25, -0.2) is 4.79 Å². The number of carboxylic acid groups (broad SMARTS) is 1. The van der Waals surface area contributed by atoms with Gasteiger partial charge in [-0.05, 0) is 31.3 Å². The van der Waals surface area contributed by atoms with Crippen LogP contribution in [0.1, 0.15) is 33.1 Å². The molecule has 0 aliphatic rings. The van der Waals surface area contributed by atoms with E-state index in [-0.39, 0.29) is 24.8 Å². The number of carbonyl (C=O) groups is 3. The van der Waals surface area contributed by atoms with Crippen molar-refractivity contribution in [2.75, 3.05) is 12.0 Å². The molecule has 0 spiro atoms. The van der Waals surface area contributed by atoms with E-state index in [1.807, 2.05) is 13.2 Å². The molecule has 0 radical (unpaired) electrons. The Balaban J connectivity index is 3.92. The Kier molecular flexibility index (Phi) is 9.03. The first-order chi connectivity index (χ1) is 8.85.